The summed E-state index contributed by atoms with van der Waals surface area (Å²) in [6.07, 6.45) is 5.11. The van der Waals surface area contributed by atoms with Crippen molar-refractivity contribution < 1.29 is 0 Å². The normalized spacial score (nSPS) is 12.3. The third-order valence-electron chi connectivity index (χ3n) is 3.86. The highest BCUT2D eigenvalue weighted by Gasteiger charge is 2.08. The molecule has 1 N–H and O–H groups in total. The highest BCUT2D eigenvalue weighted by Crippen LogP contribution is 2.24. The van der Waals surface area contributed by atoms with E-state index in [2.05, 4.69) is 73.9 Å². The number of nitrogens with one attached hydrogen (secondary N) is 1. The molecule has 0 aliphatic heterocycles. The van der Waals surface area contributed by atoms with Gasteiger partial charge in [0.25, 0.3) is 0 Å². The van der Waals surface area contributed by atoms with Gasteiger partial charge in [0.15, 0.2) is 0 Å². The smallest absolute Gasteiger partial charge is 0.0317 e. The van der Waals surface area contributed by atoms with E-state index >= 15 is 0 Å². The summed E-state index contributed by atoms with van der Waals surface area (Å²) in [4.78, 5) is 0. The predicted molar refractivity (Wildman–Crippen MR) is 87.8 cm³/mol. The summed E-state index contributed by atoms with van der Waals surface area (Å²) in [5, 5.41) is 3.44. The van der Waals surface area contributed by atoms with Gasteiger partial charge in [-0.15, -0.1) is 0 Å². The number of rotatable bonds is 7. The summed E-state index contributed by atoms with van der Waals surface area (Å²) in [5.74, 6) is 0. The summed E-state index contributed by atoms with van der Waals surface area (Å²) >= 11 is 0. The van der Waals surface area contributed by atoms with Crippen LogP contribution in [0.15, 0.2) is 54.6 Å². The van der Waals surface area contributed by atoms with Crippen LogP contribution in [0.1, 0.15) is 44.2 Å². The molecule has 1 unspecified atom stereocenters. The third-order valence-corrected chi connectivity index (χ3v) is 3.86. The number of hydrogen-bond acceptors (Lipinski definition) is 1. The van der Waals surface area contributed by atoms with Crippen molar-refractivity contribution in [2.75, 3.05) is 7.05 Å². The molecule has 0 aliphatic carbocycles. The van der Waals surface area contributed by atoms with Gasteiger partial charge >= 0.3 is 0 Å². The van der Waals surface area contributed by atoms with Gasteiger partial charge in [0.05, 0.1) is 0 Å². The molecule has 0 aromatic heterocycles. The summed E-state index contributed by atoms with van der Waals surface area (Å²) in [7, 11) is 2.06. The number of benzene rings is 2. The SMILES string of the molecule is CCCCCC(NC)c1ccc(-c2ccccc2)cc1. The quantitative estimate of drug-likeness (QED) is 0.680. The van der Waals surface area contributed by atoms with Crippen LogP contribution >= 0.6 is 0 Å². The van der Waals surface area contributed by atoms with Crippen LogP contribution in [0.5, 0.6) is 0 Å². The van der Waals surface area contributed by atoms with Gasteiger partial charge in [-0.1, -0.05) is 80.8 Å². The van der Waals surface area contributed by atoms with Gasteiger partial charge in [0.1, 0.15) is 0 Å². The first-order valence-corrected chi connectivity index (χ1v) is 7.67. The van der Waals surface area contributed by atoms with Gasteiger partial charge in [-0.2, -0.15) is 0 Å². The van der Waals surface area contributed by atoms with Crippen molar-refractivity contribution in [3.05, 3.63) is 60.2 Å². The Morgan fingerprint density at radius 3 is 2.10 bits per heavy atom. The van der Waals surface area contributed by atoms with Gasteiger partial charge in [0.2, 0.25) is 0 Å². The monoisotopic (exact) mass is 267 g/mol. The van der Waals surface area contributed by atoms with E-state index in [0.717, 1.165) is 0 Å². The molecule has 0 amide bonds. The molecule has 2 aromatic carbocycles. The maximum absolute atomic E-state index is 3.44. The van der Waals surface area contributed by atoms with Gasteiger partial charge < -0.3 is 5.32 Å². The lowest BCUT2D eigenvalue weighted by Gasteiger charge is -2.17. The van der Waals surface area contributed by atoms with E-state index < -0.39 is 0 Å². The van der Waals surface area contributed by atoms with Crippen molar-refractivity contribution >= 4 is 0 Å². The maximum atomic E-state index is 3.44. The molecule has 2 rings (SSSR count). The van der Waals surface area contributed by atoms with E-state index in [1.807, 2.05) is 0 Å². The average Bonchev–Trinajstić information content (AvgIpc) is 2.53. The first-order valence-electron chi connectivity index (χ1n) is 7.67. The second-order valence-corrected chi connectivity index (χ2v) is 5.33. The van der Waals surface area contributed by atoms with E-state index in [9.17, 15) is 0 Å². The Balaban J connectivity index is 2.06. The van der Waals surface area contributed by atoms with Gasteiger partial charge in [0, 0.05) is 6.04 Å². The predicted octanol–water partition coefficient (Wildman–Crippen LogP) is 5.19. The van der Waals surface area contributed by atoms with Gasteiger partial charge in [-0.3, -0.25) is 0 Å². The molecule has 2 aromatic rings. The Morgan fingerprint density at radius 1 is 0.850 bits per heavy atom. The largest absolute Gasteiger partial charge is 0.313 e. The van der Waals surface area contributed by atoms with Crippen LogP contribution in [0.4, 0.5) is 0 Å². The minimum Gasteiger partial charge on any atom is -0.313 e. The van der Waals surface area contributed by atoms with E-state index in [0.29, 0.717) is 6.04 Å². The Morgan fingerprint density at radius 2 is 1.50 bits per heavy atom. The molecule has 1 atom stereocenters. The topological polar surface area (TPSA) is 12.0 Å². The fraction of sp³-hybridized carbons (Fsp3) is 0.368. The van der Waals surface area contributed by atoms with E-state index in [1.165, 1.54) is 42.4 Å². The molecule has 0 saturated carbocycles. The fourth-order valence-electron chi connectivity index (χ4n) is 2.61. The Kier molecular flexibility index (Phi) is 5.82. The Hall–Kier alpha value is -1.60. The molecule has 0 radical (unpaired) electrons. The molecule has 0 aliphatic rings. The first-order chi connectivity index (χ1) is 9.85. The lowest BCUT2D eigenvalue weighted by Crippen LogP contribution is -2.16. The summed E-state index contributed by atoms with van der Waals surface area (Å²) in [5.41, 5.74) is 3.96. The molecule has 0 spiro atoms. The van der Waals surface area contributed by atoms with Crippen LogP contribution < -0.4 is 5.32 Å². The van der Waals surface area contributed by atoms with Gasteiger partial charge in [-0.05, 0) is 30.2 Å². The van der Waals surface area contributed by atoms with Crippen molar-refractivity contribution in [2.24, 2.45) is 0 Å². The van der Waals surface area contributed by atoms with Crippen LogP contribution in [0.25, 0.3) is 11.1 Å². The van der Waals surface area contributed by atoms with Gasteiger partial charge in [-0.25, -0.2) is 0 Å². The molecule has 1 heteroatoms. The lowest BCUT2D eigenvalue weighted by molar-refractivity contribution is 0.512. The summed E-state index contributed by atoms with van der Waals surface area (Å²) in [6, 6.07) is 20.0. The third kappa shape index (κ3) is 3.94. The summed E-state index contributed by atoms with van der Waals surface area (Å²) < 4.78 is 0. The molecule has 1 nitrogen and oxygen atoms in total. The molecule has 20 heavy (non-hydrogen) atoms. The van der Waals surface area contributed by atoms with Crippen molar-refractivity contribution in [1.82, 2.24) is 5.32 Å². The van der Waals surface area contributed by atoms with Crippen LogP contribution in [0, 0.1) is 0 Å². The zero-order valence-corrected chi connectivity index (χ0v) is 12.6. The van der Waals surface area contributed by atoms with Crippen LogP contribution in [-0.4, -0.2) is 7.05 Å². The zero-order chi connectivity index (χ0) is 14.2. The second kappa shape index (κ2) is 7.86. The Labute approximate surface area is 123 Å². The van der Waals surface area contributed by atoms with E-state index in [-0.39, 0.29) is 0 Å². The maximum Gasteiger partial charge on any atom is 0.0317 e. The van der Waals surface area contributed by atoms with E-state index in [1.54, 1.807) is 0 Å². The van der Waals surface area contributed by atoms with Crippen molar-refractivity contribution in [3.8, 4) is 11.1 Å². The van der Waals surface area contributed by atoms with Crippen molar-refractivity contribution in [3.63, 3.8) is 0 Å². The van der Waals surface area contributed by atoms with Crippen molar-refractivity contribution in [2.45, 2.75) is 38.6 Å². The molecule has 106 valence electrons. The molecule has 0 bridgehead atoms. The second-order valence-electron chi connectivity index (χ2n) is 5.33. The van der Waals surface area contributed by atoms with Crippen LogP contribution in [0.2, 0.25) is 0 Å². The van der Waals surface area contributed by atoms with Crippen molar-refractivity contribution in [1.29, 1.82) is 0 Å². The van der Waals surface area contributed by atoms with E-state index in [4.69, 9.17) is 0 Å². The number of unbranched alkanes of at least 4 members (excludes halogenated alkanes) is 2. The molecule has 0 saturated heterocycles. The standard InChI is InChI=1S/C19H25N/c1-3-4-6-11-19(20-2)18-14-12-17(13-15-18)16-9-7-5-8-10-16/h5,7-10,12-15,19-20H,3-4,6,11H2,1-2H3. The number of hydrogen-bond donors (Lipinski definition) is 1. The molecule has 0 fully saturated rings. The zero-order valence-electron chi connectivity index (χ0n) is 12.6. The van der Waals surface area contributed by atoms with Crippen LogP contribution in [0.3, 0.4) is 0 Å². The highest BCUT2D eigenvalue weighted by atomic mass is 14.9. The molecular weight excluding hydrogens is 242 g/mol. The highest BCUT2D eigenvalue weighted by molar-refractivity contribution is 5.63. The summed E-state index contributed by atoms with van der Waals surface area (Å²) in [6.45, 7) is 2.25. The first kappa shape index (κ1) is 14.8. The fourth-order valence-corrected chi connectivity index (χ4v) is 2.61. The lowest BCUT2D eigenvalue weighted by atomic mass is 9.97. The Bertz CT molecular complexity index is 487. The molecule has 0 heterocycles. The minimum absolute atomic E-state index is 0.478. The van der Waals surface area contributed by atoms with Crippen LogP contribution in [-0.2, 0) is 0 Å². The minimum atomic E-state index is 0.478. The average molecular weight is 267 g/mol. The molecular formula is C19H25N.